The zero-order chi connectivity index (χ0) is 16.4. The van der Waals surface area contributed by atoms with Crippen LogP contribution in [-0.4, -0.2) is 12.1 Å². The molecule has 0 spiro atoms. The third kappa shape index (κ3) is 4.01. The summed E-state index contributed by atoms with van der Waals surface area (Å²) >= 11 is 6.32. The van der Waals surface area contributed by atoms with Gasteiger partial charge in [-0.3, -0.25) is 0 Å². The van der Waals surface area contributed by atoms with Gasteiger partial charge in [-0.15, -0.1) is 12.4 Å². The average Bonchev–Trinajstić information content (AvgIpc) is 2.42. The van der Waals surface area contributed by atoms with Crippen LogP contribution in [0.2, 0.25) is 5.02 Å². The van der Waals surface area contributed by atoms with E-state index < -0.39 is 5.92 Å². The van der Waals surface area contributed by atoms with Crippen LogP contribution in [-0.2, 0) is 9.53 Å². The molecule has 4 nitrogen and oxygen atoms in total. The Labute approximate surface area is 148 Å². The number of hydrogen-bond acceptors (Lipinski definition) is 4. The van der Waals surface area contributed by atoms with Gasteiger partial charge in [0.1, 0.15) is 0 Å². The SMILES string of the molecule is CC1=C(N)C(c2ccccc2Cl)C(C(=O)OC(C)C)=C(C)N1.Cl. The van der Waals surface area contributed by atoms with Crippen LogP contribution in [0.1, 0.15) is 39.2 Å². The molecule has 0 bridgehead atoms. The minimum atomic E-state index is -0.402. The van der Waals surface area contributed by atoms with Crippen molar-refractivity contribution in [3.05, 3.63) is 57.5 Å². The standard InChI is InChI=1S/C17H21ClN2O2.ClH/c1-9(2)22-17(21)14-10(3)20-11(4)16(19)15(14)12-7-5-6-8-13(12)18;/h5-9,15,20H,19H2,1-4H3;1H. The molecule has 6 heteroatoms. The summed E-state index contributed by atoms with van der Waals surface area (Å²) in [6.45, 7) is 7.36. The molecular weight excluding hydrogens is 335 g/mol. The number of halogens is 2. The Morgan fingerprint density at radius 2 is 1.87 bits per heavy atom. The maximum Gasteiger partial charge on any atom is 0.337 e. The van der Waals surface area contributed by atoms with Crippen molar-refractivity contribution in [2.45, 2.75) is 39.7 Å². The average molecular weight is 357 g/mol. The summed E-state index contributed by atoms with van der Waals surface area (Å²) in [7, 11) is 0. The van der Waals surface area contributed by atoms with Gasteiger partial charge in [0.15, 0.2) is 0 Å². The predicted molar refractivity (Wildman–Crippen MR) is 95.4 cm³/mol. The van der Waals surface area contributed by atoms with Crippen LogP contribution in [0.3, 0.4) is 0 Å². The summed E-state index contributed by atoms with van der Waals surface area (Å²) in [5.41, 5.74) is 9.71. The molecule has 0 aliphatic carbocycles. The van der Waals surface area contributed by atoms with Crippen LogP contribution in [0.15, 0.2) is 46.9 Å². The number of carbonyl (C=O) groups is 1. The van der Waals surface area contributed by atoms with Crippen molar-refractivity contribution in [3.8, 4) is 0 Å². The molecule has 1 aliphatic heterocycles. The number of ether oxygens (including phenoxy) is 1. The van der Waals surface area contributed by atoms with Gasteiger partial charge in [-0.05, 0) is 39.3 Å². The van der Waals surface area contributed by atoms with E-state index in [-0.39, 0.29) is 24.5 Å². The van der Waals surface area contributed by atoms with E-state index >= 15 is 0 Å². The second-order valence-corrected chi connectivity index (χ2v) is 6.06. The van der Waals surface area contributed by atoms with E-state index in [0.717, 1.165) is 17.0 Å². The first-order valence-corrected chi connectivity index (χ1v) is 7.60. The van der Waals surface area contributed by atoms with Gasteiger partial charge < -0.3 is 15.8 Å². The summed E-state index contributed by atoms with van der Waals surface area (Å²) in [5.74, 6) is -0.776. The lowest BCUT2D eigenvalue weighted by molar-refractivity contribution is -0.143. The highest BCUT2D eigenvalue weighted by Gasteiger charge is 2.34. The van der Waals surface area contributed by atoms with E-state index in [4.69, 9.17) is 22.1 Å². The third-order valence-corrected chi connectivity index (χ3v) is 3.93. The molecule has 1 heterocycles. The Hall–Kier alpha value is -1.65. The van der Waals surface area contributed by atoms with Crippen LogP contribution in [0.5, 0.6) is 0 Å². The molecule has 0 radical (unpaired) electrons. The second kappa shape index (κ2) is 7.75. The normalized spacial score (nSPS) is 17.7. The Morgan fingerprint density at radius 3 is 2.43 bits per heavy atom. The van der Waals surface area contributed by atoms with Gasteiger partial charge >= 0.3 is 5.97 Å². The molecule has 0 fully saturated rings. The van der Waals surface area contributed by atoms with Gasteiger partial charge in [0.05, 0.1) is 17.6 Å². The van der Waals surface area contributed by atoms with Gasteiger partial charge in [0.2, 0.25) is 0 Å². The number of carbonyl (C=O) groups excluding carboxylic acids is 1. The minimum Gasteiger partial charge on any atom is -0.460 e. The number of rotatable bonds is 3. The molecular formula is C17H22Cl2N2O2. The van der Waals surface area contributed by atoms with Crippen LogP contribution < -0.4 is 11.1 Å². The van der Waals surface area contributed by atoms with Gasteiger partial charge in [-0.1, -0.05) is 29.8 Å². The minimum absolute atomic E-state index is 0. The zero-order valence-corrected chi connectivity index (χ0v) is 15.2. The van der Waals surface area contributed by atoms with E-state index in [9.17, 15) is 4.79 Å². The maximum absolute atomic E-state index is 12.5. The number of esters is 1. The Morgan fingerprint density at radius 1 is 1.26 bits per heavy atom. The topological polar surface area (TPSA) is 64.4 Å². The summed E-state index contributed by atoms with van der Waals surface area (Å²) in [6, 6.07) is 7.41. The molecule has 3 N–H and O–H groups in total. The Bertz CT molecular complexity index is 666. The zero-order valence-electron chi connectivity index (χ0n) is 13.6. The monoisotopic (exact) mass is 356 g/mol. The number of dihydropyridines is 1. The number of nitrogens with two attached hydrogens (primary N) is 1. The predicted octanol–water partition coefficient (Wildman–Crippen LogP) is 3.86. The summed E-state index contributed by atoms with van der Waals surface area (Å²) in [4.78, 5) is 12.5. The third-order valence-electron chi connectivity index (χ3n) is 3.59. The van der Waals surface area contributed by atoms with Crippen LogP contribution in [0.4, 0.5) is 0 Å². The van der Waals surface area contributed by atoms with Crippen molar-refractivity contribution in [3.63, 3.8) is 0 Å². The Balaban J connectivity index is 0.00000264. The number of allylic oxidation sites excluding steroid dienone is 3. The first kappa shape index (κ1) is 19.4. The largest absolute Gasteiger partial charge is 0.460 e. The van der Waals surface area contributed by atoms with Crippen molar-refractivity contribution in [2.24, 2.45) is 5.73 Å². The van der Waals surface area contributed by atoms with Crippen molar-refractivity contribution >= 4 is 30.0 Å². The quantitative estimate of drug-likeness (QED) is 0.807. The molecule has 1 atom stereocenters. The highest BCUT2D eigenvalue weighted by molar-refractivity contribution is 6.31. The van der Waals surface area contributed by atoms with E-state index in [1.54, 1.807) is 6.07 Å². The molecule has 0 amide bonds. The number of hydrogen-bond donors (Lipinski definition) is 2. The van der Waals surface area contributed by atoms with E-state index in [0.29, 0.717) is 16.3 Å². The molecule has 1 aliphatic rings. The van der Waals surface area contributed by atoms with Crippen molar-refractivity contribution < 1.29 is 9.53 Å². The van der Waals surface area contributed by atoms with Crippen molar-refractivity contribution in [2.75, 3.05) is 0 Å². The lowest BCUT2D eigenvalue weighted by atomic mass is 9.84. The Kier molecular flexibility index (Phi) is 6.54. The fourth-order valence-electron chi connectivity index (χ4n) is 2.59. The van der Waals surface area contributed by atoms with Gasteiger partial charge in [-0.25, -0.2) is 4.79 Å². The molecule has 1 unspecified atom stereocenters. The molecule has 2 rings (SSSR count). The van der Waals surface area contributed by atoms with E-state index in [1.807, 2.05) is 45.9 Å². The number of nitrogens with one attached hydrogen (secondary N) is 1. The smallest absolute Gasteiger partial charge is 0.337 e. The second-order valence-electron chi connectivity index (χ2n) is 5.65. The van der Waals surface area contributed by atoms with E-state index in [2.05, 4.69) is 5.32 Å². The lowest BCUT2D eigenvalue weighted by Gasteiger charge is -2.30. The van der Waals surface area contributed by atoms with Crippen molar-refractivity contribution in [1.29, 1.82) is 0 Å². The van der Waals surface area contributed by atoms with Gasteiger partial charge in [0.25, 0.3) is 0 Å². The number of benzene rings is 1. The lowest BCUT2D eigenvalue weighted by Crippen LogP contribution is -2.32. The molecule has 0 aromatic heterocycles. The molecule has 0 saturated carbocycles. The van der Waals surface area contributed by atoms with Crippen LogP contribution >= 0.6 is 24.0 Å². The molecule has 1 aromatic carbocycles. The highest BCUT2D eigenvalue weighted by atomic mass is 35.5. The van der Waals surface area contributed by atoms with Crippen molar-refractivity contribution in [1.82, 2.24) is 5.32 Å². The molecule has 126 valence electrons. The first-order valence-electron chi connectivity index (χ1n) is 7.22. The van der Waals surface area contributed by atoms with E-state index in [1.165, 1.54) is 0 Å². The molecule has 23 heavy (non-hydrogen) atoms. The van der Waals surface area contributed by atoms with Crippen LogP contribution in [0.25, 0.3) is 0 Å². The first-order chi connectivity index (χ1) is 10.3. The summed E-state index contributed by atoms with van der Waals surface area (Å²) in [6.07, 6.45) is -0.201. The maximum atomic E-state index is 12.5. The highest BCUT2D eigenvalue weighted by Crippen LogP contribution is 2.39. The fraction of sp³-hybridized carbons (Fsp3) is 0.353. The van der Waals surface area contributed by atoms with Gasteiger partial charge in [-0.2, -0.15) is 0 Å². The molecule has 0 saturated heterocycles. The molecule has 1 aromatic rings. The fourth-order valence-corrected chi connectivity index (χ4v) is 2.83. The summed E-state index contributed by atoms with van der Waals surface area (Å²) < 4.78 is 5.38. The summed E-state index contributed by atoms with van der Waals surface area (Å²) in [5, 5.41) is 3.72. The van der Waals surface area contributed by atoms with Gasteiger partial charge in [0, 0.05) is 22.1 Å². The van der Waals surface area contributed by atoms with Crippen LogP contribution in [0, 0.1) is 0 Å².